The summed E-state index contributed by atoms with van der Waals surface area (Å²) in [4.78, 5) is 12.7. The summed E-state index contributed by atoms with van der Waals surface area (Å²) in [5, 5.41) is 3.79. The molecule has 0 fully saturated rings. The van der Waals surface area contributed by atoms with Gasteiger partial charge in [0.15, 0.2) is 5.82 Å². The summed E-state index contributed by atoms with van der Waals surface area (Å²) in [5.41, 5.74) is 8.96. The third-order valence-corrected chi connectivity index (χ3v) is 3.62. The van der Waals surface area contributed by atoms with Crippen LogP contribution in [0.25, 0.3) is 11.4 Å². The lowest BCUT2D eigenvalue weighted by Crippen LogP contribution is -2.02. The summed E-state index contributed by atoms with van der Waals surface area (Å²) in [6, 6.07) is 12.8. The van der Waals surface area contributed by atoms with E-state index in [9.17, 15) is 0 Å². The minimum absolute atomic E-state index is 0.104. The number of anilines is 3. The largest absolute Gasteiger partial charge is 0.399 e. The van der Waals surface area contributed by atoms with Crippen LogP contribution in [0.4, 0.5) is 17.3 Å². The van der Waals surface area contributed by atoms with Crippen LogP contribution in [0.3, 0.4) is 0 Å². The van der Waals surface area contributed by atoms with Gasteiger partial charge in [0.1, 0.15) is 0 Å². The van der Waals surface area contributed by atoms with Crippen molar-refractivity contribution >= 4 is 40.5 Å². The average Bonchev–Trinajstić information content (AvgIpc) is 2.51. The molecule has 3 aromatic rings. The maximum Gasteiger partial charge on any atom is 0.232 e. The Kier molecular flexibility index (Phi) is 4.32. The lowest BCUT2D eigenvalue weighted by molar-refractivity contribution is 1.06. The zero-order valence-electron chi connectivity index (χ0n) is 12.2. The highest BCUT2D eigenvalue weighted by atomic mass is 35.5. The summed E-state index contributed by atoms with van der Waals surface area (Å²) < 4.78 is 0. The number of rotatable bonds is 3. The molecule has 0 unspecified atom stereocenters. The van der Waals surface area contributed by atoms with Crippen LogP contribution in [-0.2, 0) is 0 Å². The molecule has 0 aliphatic carbocycles. The average molecular weight is 346 g/mol. The van der Waals surface area contributed by atoms with Crippen molar-refractivity contribution in [1.29, 1.82) is 0 Å². The van der Waals surface area contributed by atoms with Crippen LogP contribution < -0.4 is 11.1 Å². The quantitative estimate of drug-likeness (QED) is 0.684. The van der Waals surface area contributed by atoms with Crippen LogP contribution in [0.1, 0.15) is 5.56 Å². The van der Waals surface area contributed by atoms with Crippen molar-refractivity contribution in [2.24, 2.45) is 0 Å². The molecular formula is C16H13Cl2N5. The van der Waals surface area contributed by atoms with Crippen LogP contribution in [-0.4, -0.2) is 15.0 Å². The van der Waals surface area contributed by atoms with E-state index in [-0.39, 0.29) is 5.28 Å². The van der Waals surface area contributed by atoms with Gasteiger partial charge in [-0.15, -0.1) is 0 Å². The maximum atomic E-state index is 6.06. The first-order chi connectivity index (χ1) is 11.0. The van der Waals surface area contributed by atoms with Crippen molar-refractivity contribution in [1.82, 2.24) is 15.0 Å². The van der Waals surface area contributed by atoms with Gasteiger partial charge in [-0.3, -0.25) is 0 Å². The first-order valence-corrected chi connectivity index (χ1v) is 7.57. The Morgan fingerprint density at radius 2 is 1.70 bits per heavy atom. The van der Waals surface area contributed by atoms with E-state index in [1.165, 1.54) is 0 Å². The van der Waals surface area contributed by atoms with Gasteiger partial charge in [-0.05, 0) is 60.5 Å². The second-order valence-corrected chi connectivity index (χ2v) is 5.73. The van der Waals surface area contributed by atoms with Gasteiger partial charge >= 0.3 is 0 Å². The van der Waals surface area contributed by atoms with Crippen molar-refractivity contribution < 1.29 is 0 Å². The summed E-state index contributed by atoms with van der Waals surface area (Å²) in [7, 11) is 0. The molecule has 2 aromatic carbocycles. The Morgan fingerprint density at radius 3 is 2.43 bits per heavy atom. The Hall–Kier alpha value is -2.37. The number of aryl methyl sites for hydroxylation is 1. The topological polar surface area (TPSA) is 76.7 Å². The van der Waals surface area contributed by atoms with Crippen LogP contribution in [0, 0.1) is 6.92 Å². The number of nitrogen functional groups attached to an aromatic ring is 1. The molecule has 23 heavy (non-hydrogen) atoms. The first kappa shape index (κ1) is 15.5. The van der Waals surface area contributed by atoms with Gasteiger partial charge in [0.05, 0.1) is 0 Å². The van der Waals surface area contributed by atoms with Crippen molar-refractivity contribution in [2.75, 3.05) is 11.1 Å². The first-order valence-electron chi connectivity index (χ1n) is 6.82. The number of halogens is 2. The molecule has 1 aromatic heterocycles. The van der Waals surface area contributed by atoms with E-state index in [4.69, 9.17) is 28.9 Å². The fourth-order valence-electron chi connectivity index (χ4n) is 2.06. The molecule has 7 heteroatoms. The zero-order chi connectivity index (χ0) is 16.4. The fraction of sp³-hybridized carbons (Fsp3) is 0.0625. The number of nitrogens with two attached hydrogens (primary N) is 1. The van der Waals surface area contributed by atoms with E-state index in [1.807, 2.05) is 31.2 Å². The van der Waals surface area contributed by atoms with E-state index < -0.39 is 0 Å². The minimum Gasteiger partial charge on any atom is -0.399 e. The van der Waals surface area contributed by atoms with Crippen LogP contribution in [0.5, 0.6) is 0 Å². The highest BCUT2D eigenvalue weighted by molar-refractivity contribution is 6.31. The predicted octanol–water partition coefficient (Wildman–Crippen LogP) is 4.48. The Bertz CT molecular complexity index is 850. The molecule has 3 rings (SSSR count). The monoisotopic (exact) mass is 345 g/mol. The molecule has 0 saturated heterocycles. The summed E-state index contributed by atoms with van der Waals surface area (Å²) >= 11 is 12.1. The summed E-state index contributed by atoms with van der Waals surface area (Å²) in [6.45, 7) is 1.95. The second-order valence-electron chi connectivity index (χ2n) is 4.96. The second kappa shape index (κ2) is 6.40. The SMILES string of the molecule is Cc1ccc(Cl)cc1-c1nc(Cl)nc(Nc2ccc(N)cc2)n1. The smallest absolute Gasteiger partial charge is 0.232 e. The summed E-state index contributed by atoms with van der Waals surface area (Å²) in [6.07, 6.45) is 0. The van der Waals surface area contributed by atoms with Crippen molar-refractivity contribution in [3.8, 4) is 11.4 Å². The molecule has 0 aliphatic rings. The third-order valence-electron chi connectivity index (χ3n) is 3.22. The maximum absolute atomic E-state index is 6.06. The highest BCUT2D eigenvalue weighted by Gasteiger charge is 2.10. The van der Waals surface area contributed by atoms with Crippen LogP contribution in [0.15, 0.2) is 42.5 Å². The van der Waals surface area contributed by atoms with Gasteiger partial charge in [-0.2, -0.15) is 15.0 Å². The molecular weight excluding hydrogens is 333 g/mol. The number of aromatic nitrogens is 3. The highest BCUT2D eigenvalue weighted by Crippen LogP contribution is 2.26. The molecule has 0 spiro atoms. The molecule has 0 atom stereocenters. The van der Waals surface area contributed by atoms with Gasteiger partial charge in [0.25, 0.3) is 0 Å². The Labute approximate surface area is 143 Å². The Balaban J connectivity index is 1.99. The van der Waals surface area contributed by atoms with Gasteiger partial charge < -0.3 is 11.1 Å². The number of hydrogen-bond acceptors (Lipinski definition) is 5. The number of hydrogen-bond donors (Lipinski definition) is 2. The number of nitrogens with zero attached hydrogens (tertiary/aromatic N) is 3. The van der Waals surface area contributed by atoms with E-state index in [1.54, 1.807) is 18.2 Å². The number of nitrogens with one attached hydrogen (secondary N) is 1. The van der Waals surface area contributed by atoms with Crippen molar-refractivity contribution in [3.05, 3.63) is 58.3 Å². The normalized spacial score (nSPS) is 10.6. The van der Waals surface area contributed by atoms with Gasteiger partial charge in [-0.1, -0.05) is 17.7 Å². The zero-order valence-corrected chi connectivity index (χ0v) is 13.7. The van der Waals surface area contributed by atoms with Crippen molar-refractivity contribution in [3.63, 3.8) is 0 Å². The molecule has 0 saturated carbocycles. The van der Waals surface area contributed by atoms with E-state index in [0.717, 1.165) is 16.8 Å². The molecule has 3 N–H and O–H groups in total. The van der Waals surface area contributed by atoms with Crippen LogP contribution >= 0.6 is 23.2 Å². The van der Waals surface area contributed by atoms with Gasteiger partial charge in [0.2, 0.25) is 11.2 Å². The van der Waals surface area contributed by atoms with Crippen LogP contribution in [0.2, 0.25) is 10.3 Å². The molecule has 0 bridgehead atoms. The molecule has 0 aliphatic heterocycles. The minimum atomic E-state index is 0.104. The summed E-state index contributed by atoms with van der Waals surface area (Å²) in [5.74, 6) is 0.812. The Morgan fingerprint density at radius 1 is 0.957 bits per heavy atom. The lowest BCUT2D eigenvalue weighted by atomic mass is 10.1. The molecule has 1 heterocycles. The molecule has 0 amide bonds. The standard InChI is InChI=1S/C16H13Cl2N5/c1-9-2-3-10(17)8-13(9)14-21-15(18)23-16(22-14)20-12-6-4-11(19)5-7-12/h2-8H,19H2,1H3,(H,20,21,22,23). The predicted molar refractivity (Wildman–Crippen MR) is 94.2 cm³/mol. The fourth-order valence-corrected chi connectivity index (χ4v) is 2.39. The third kappa shape index (κ3) is 3.70. The van der Waals surface area contributed by atoms with Gasteiger partial charge in [0, 0.05) is 22.0 Å². The molecule has 116 valence electrons. The van der Waals surface area contributed by atoms with Gasteiger partial charge in [-0.25, -0.2) is 0 Å². The number of benzene rings is 2. The molecule has 0 radical (unpaired) electrons. The van der Waals surface area contributed by atoms with E-state index in [2.05, 4.69) is 20.3 Å². The van der Waals surface area contributed by atoms with Crippen molar-refractivity contribution in [2.45, 2.75) is 6.92 Å². The molecule has 5 nitrogen and oxygen atoms in total. The van der Waals surface area contributed by atoms with E-state index in [0.29, 0.717) is 22.5 Å². The lowest BCUT2D eigenvalue weighted by Gasteiger charge is -2.09. The van der Waals surface area contributed by atoms with E-state index >= 15 is 0 Å².